The third-order valence-electron chi connectivity index (χ3n) is 5.59. The van der Waals surface area contributed by atoms with Crippen LogP contribution >= 0.6 is 22.9 Å². The number of amides is 1. The quantitative estimate of drug-likeness (QED) is 0.563. The van der Waals surface area contributed by atoms with Crippen molar-refractivity contribution in [2.75, 3.05) is 18.4 Å². The van der Waals surface area contributed by atoms with E-state index in [9.17, 15) is 13.2 Å². The van der Waals surface area contributed by atoms with Crippen molar-refractivity contribution in [3.05, 3.63) is 68.6 Å². The Labute approximate surface area is 196 Å². The summed E-state index contributed by atoms with van der Waals surface area (Å²) in [6, 6.07) is 12.0. The predicted molar refractivity (Wildman–Crippen MR) is 126 cm³/mol. The first-order chi connectivity index (χ1) is 15.2. The molecule has 1 fully saturated rings. The van der Waals surface area contributed by atoms with Gasteiger partial charge in [0.1, 0.15) is 5.01 Å². The Bertz CT molecular complexity index is 1240. The molecule has 0 bridgehead atoms. The van der Waals surface area contributed by atoms with Crippen molar-refractivity contribution in [3.63, 3.8) is 0 Å². The van der Waals surface area contributed by atoms with Crippen molar-refractivity contribution in [2.45, 2.75) is 37.5 Å². The van der Waals surface area contributed by atoms with E-state index in [-0.39, 0.29) is 16.8 Å². The summed E-state index contributed by atoms with van der Waals surface area (Å²) in [5.41, 5.74) is 2.61. The summed E-state index contributed by atoms with van der Waals surface area (Å²) < 4.78 is 27.9. The summed E-state index contributed by atoms with van der Waals surface area (Å²) in [7, 11) is -3.60. The van der Waals surface area contributed by atoms with Crippen LogP contribution in [0.3, 0.4) is 0 Å². The molecule has 32 heavy (non-hydrogen) atoms. The molecular weight excluding hydrogens is 468 g/mol. The summed E-state index contributed by atoms with van der Waals surface area (Å²) in [6.45, 7) is 4.65. The lowest BCUT2D eigenvalue weighted by atomic mass is 10.0. The average molecular weight is 491 g/mol. The first-order valence-electron chi connectivity index (χ1n) is 10.2. The van der Waals surface area contributed by atoms with Gasteiger partial charge in [0, 0.05) is 29.7 Å². The number of carbonyl (C=O) groups excluding carboxylic acids is 1. The fraction of sp³-hybridized carbons (Fsp3) is 0.318. The topological polar surface area (TPSA) is 92.3 Å². The molecular formula is C22H23ClN4O3S2. The number of anilines is 1. The zero-order valence-corrected chi connectivity index (χ0v) is 20.1. The molecule has 0 saturated carbocycles. The smallest absolute Gasteiger partial charge is 0.286 e. The molecule has 1 aromatic heterocycles. The first kappa shape index (κ1) is 22.8. The number of hydrogen-bond donors (Lipinski definition) is 1. The molecule has 1 aliphatic rings. The van der Waals surface area contributed by atoms with Gasteiger partial charge in [0.15, 0.2) is 0 Å². The van der Waals surface area contributed by atoms with E-state index in [0.717, 1.165) is 24.0 Å². The van der Waals surface area contributed by atoms with Gasteiger partial charge in [-0.3, -0.25) is 4.79 Å². The lowest BCUT2D eigenvalue weighted by Crippen LogP contribution is -2.39. The second kappa shape index (κ2) is 9.27. The van der Waals surface area contributed by atoms with Crippen LogP contribution < -0.4 is 5.32 Å². The Hall–Kier alpha value is -2.33. The van der Waals surface area contributed by atoms with Gasteiger partial charge in [-0.15, -0.1) is 10.2 Å². The number of carbonyl (C=O) groups is 1. The monoisotopic (exact) mass is 490 g/mol. The van der Waals surface area contributed by atoms with E-state index in [1.54, 1.807) is 36.4 Å². The number of piperidine rings is 1. The van der Waals surface area contributed by atoms with Gasteiger partial charge in [-0.25, -0.2) is 8.42 Å². The van der Waals surface area contributed by atoms with Crippen molar-refractivity contribution in [1.29, 1.82) is 0 Å². The van der Waals surface area contributed by atoms with Gasteiger partial charge in [0.25, 0.3) is 5.91 Å². The fourth-order valence-corrected chi connectivity index (χ4v) is 6.19. The molecule has 1 N–H and O–H groups in total. The Kier molecular flexibility index (Phi) is 6.62. The molecule has 1 aliphatic heterocycles. The highest BCUT2D eigenvalue weighted by Gasteiger charge is 2.33. The van der Waals surface area contributed by atoms with E-state index in [2.05, 4.69) is 15.5 Å². The normalized spacial score (nSPS) is 17.3. The molecule has 1 amide bonds. The van der Waals surface area contributed by atoms with Crippen LogP contribution in [0.4, 0.5) is 5.69 Å². The van der Waals surface area contributed by atoms with Crippen LogP contribution in [-0.2, 0) is 10.0 Å². The van der Waals surface area contributed by atoms with Crippen molar-refractivity contribution >= 4 is 44.6 Å². The van der Waals surface area contributed by atoms with Crippen molar-refractivity contribution in [3.8, 4) is 0 Å². The molecule has 10 heteroatoms. The fourth-order valence-electron chi connectivity index (χ4n) is 3.59. The van der Waals surface area contributed by atoms with E-state index in [4.69, 9.17) is 11.6 Å². The Morgan fingerprint density at radius 1 is 1.12 bits per heavy atom. The molecule has 2 heterocycles. The maximum Gasteiger partial charge on any atom is 0.286 e. The van der Waals surface area contributed by atoms with E-state index in [1.807, 2.05) is 19.9 Å². The lowest BCUT2D eigenvalue weighted by molar-refractivity contribution is 0.102. The standard InChI is InChI=1S/C22H23ClN4O3S2/c1-14-5-10-19(12-15(14)2)32(29,30)27-11-3-4-16(13-27)21-25-26-22(31-21)20(28)24-18-8-6-17(23)7-9-18/h5-10,12,16H,3-4,11,13H2,1-2H3,(H,24,28). The molecule has 1 unspecified atom stereocenters. The summed E-state index contributed by atoms with van der Waals surface area (Å²) in [6.07, 6.45) is 1.52. The second-order valence-corrected chi connectivity index (χ2v) is 11.2. The van der Waals surface area contributed by atoms with Gasteiger partial charge in [-0.1, -0.05) is 29.0 Å². The van der Waals surface area contributed by atoms with E-state index >= 15 is 0 Å². The molecule has 0 aliphatic carbocycles. The van der Waals surface area contributed by atoms with Crippen LogP contribution in [0.5, 0.6) is 0 Å². The van der Waals surface area contributed by atoms with E-state index < -0.39 is 10.0 Å². The van der Waals surface area contributed by atoms with Crippen LogP contribution in [0.2, 0.25) is 5.02 Å². The molecule has 7 nitrogen and oxygen atoms in total. The lowest BCUT2D eigenvalue weighted by Gasteiger charge is -2.30. The molecule has 3 aromatic rings. The third kappa shape index (κ3) is 4.85. The zero-order chi connectivity index (χ0) is 22.9. The highest BCUT2D eigenvalue weighted by molar-refractivity contribution is 7.89. The SMILES string of the molecule is Cc1ccc(S(=O)(=O)N2CCCC(c3nnc(C(=O)Nc4ccc(Cl)cc4)s3)C2)cc1C. The number of rotatable bonds is 5. The third-order valence-corrected chi connectivity index (χ3v) is 8.78. The van der Waals surface area contributed by atoms with Crippen LogP contribution in [-0.4, -0.2) is 41.9 Å². The number of aryl methyl sites for hydroxylation is 2. The predicted octanol–water partition coefficient (Wildman–Crippen LogP) is 4.63. The summed E-state index contributed by atoms with van der Waals surface area (Å²) >= 11 is 7.07. The van der Waals surface area contributed by atoms with Gasteiger partial charge >= 0.3 is 0 Å². The highest BCUT2D eigenvalue weighted by Crippen LogP contribution is 2.32. The molecule has 4 rings (SSSR count). The minimum absolute atomic E-state index is 0.0975. The minimum Gasteiger partial charge on any atom is -0.320 e. The van der Waals surface area contributed by atoms with Crippen LogP contribution in [0.1, 0.15) is 44.7 Å². The molecule has 0 spiro atoms. The molecule has 168 valence electrons. The Balaban J connectivity index is 1.48. The largest absolute Gasteiger partial charge is 0.320 e. The van der Waals surface area contributed by atoms with Gasteiger partial charge < -0.3 is 5.32 Å². The maximum atomic E-state index is 13.2. The van der Waals surface area contributed by atoms with Crippen molar-refractivity contribution in [1.82, 2.24) is 14.5 Å². The Morgan fingerprint density at radius 2 is 1.88 bits per heavy atom. The highest BCUT2D eigenvalue weighted by atomic mass is 35.5. The van der Waals surface area contributed by atoms with E-state index in [0.29, 0.717) is 33.7 Å². The van der Waals surface area contributed by atoms with Gasteiger partial charge in [0.2, 0.25) is 15.0 Å². The summed E-state index contributed by atoms with van der Waals surface area (Å²) in [5, 5.41) is 12.5. The molecule has 0 radical (unpaired) electrons. The number of hydrogen-bond acceptors (Lipinski definition) is 6. The summed E-state index contributed by atoms with van der Waals surface area (Å²) in [5.74, 6) is -0.453. The van der Waals surface area contributed by atoms with Gasteiger partial charge in [-0.05, 0) is 74.2 Å². The number of aromatic nitrogens is 2. The van der Waals surface area contributed by atoms with Crippen molar-refractivity contribution < 1.29 is 13.2 Å². The number of benzene rings is 2. The summed E-state index contributed by atoms with van der Waals surface area (Å²) in [4.78, 5) is 12.8. The average Bonchev–Trinajstić information content (AvgIpc) is 3.28. The maximum absolute atomic E-state index is 13.2. The van der Waals surface area contributed by atoms with Crippen LogP contribution in [0.25, 0.3) is 0 Å². The molecule has 1 atom stereocenters. The Morgan fingerprint density at radius 3 is 2.59 bits per heavy atom. The van der Waals surface area contributed by atoms with Gasteiger partial charge in [0.05, 0.1) is 4.90 Å². The number of nitrogens with one attached hydrogen (secondary N) is 1. The van der Waals surface area contributed by atoms with Gasteiger partial charge in [-0.2, -0.15) is 4.31 Å². The molecule has 1 saturated heterocycles. The van der Waals surface area contributed by atoms with E-state index in [1.165, 1.54) is 15.6 Å². The zero-order valence-electron chi connectivity index (χ0n) is 17.7. The number of nitrogens with zero attached hydrogens (tertiary/aromatic N) is 3. The second-order valence-electron chi connectivity index (χ2n) is 7.85. The first-order valence-corrected chi connectivity index (χ1v) is 12.9. The number of sulfonamides is 1. The minimum atomic E-state index is -3.60. The number of halogens is 1. The van der Waals surface area contributed by atoms with Crippen molar-refractivity contribution in [2.24, 2.45) is 0 Å². The van der Waals surface area contributed by atoms with Crippen LogP contribution in [0, 0.1) is 13.8 Å². The molecule has 2 aromatic carbocycles. The van der Waals surface area contributed by atoms with Crippen LogP contribution in [0.15, 0.2) is 47.4 Å².